The van der Waals surface area contributed by atoms with Gasteiger partial charge in [0.05, 0.1) is 11.8 Å². The van der Waals surface area contributed by atoms with Crippen LogP contribution in [0.25, 0.3) is 0 Å². The van der Waals surface area contributed by atoms with E-state index in [4.69, 9.17) is 9.47 Å². The van der Waals surface area contributed by atoms with Gasteiger partial charge in [-0.15, -0.1) is 0 Å². The van der Waals surface area contributed by atoms with Crippen LogP contribution in [0.2, 0.25) is 0 Å². The van der Waals surface area contributed by atoms with Crippen molar-refractivity contribution in [3.8, 4) is 11.5 Å². The molecule has 0 aliphatic carbocycles. The Morgan fingerprint density at radius 3 is 2.41 bits per heavy atom. The van der Waals surface area contributed by atoms with Gasteiger partial charge >= 0.3 is 6.03 Å². The normalized spacial score (nSPS) is 18.7. The molecule has 29 heavy (non-hydrogen) atoms. The number of fused-ring (bicyclic) bond motifs is 1. The summed E-state index contributed by atoms with van der Waals surface area (Å²) < 4.78 is 36.2. The second-order valence-electron chi connectivity index (χ2n) is 6.81. The molecule has 0 radical (unpaired) electrons. The van der Waals surface area contributed by atoms with Crippen molar-refractivity contribution in [2.24, 2.45) is 0 Å². The van der Waals surface area contributed by atoms with Crippen LogP contribution in [-0.2, 0) is 14.8 Å². The second-order valence-corrected chi connectivity index (χ2v) is 9.07. The molecule has 1 aromatic rings. The third-order valence-electron chi connectivity index (χ3n) is 5.00. The molecule has 3 rings (SSSR count). The molecule has 1 aromatic carbocycles. The third-order valence-corrected chi connectivity index (χ3v) is 6.88. The lowest BCUT2D eigenvalue weighted by Gasteiger charge is -2.36. The molecule has 10 nitrogen and oxygen atoms in total. The molecular formula is C18H26N4O6S. The highest BCUT2D eigenvalue weighted by atomic mass is 32.2. The smallest absolute Gasteiger partial charge is 0.325 e. The fourth-order valence-corrected chi connectivity index (χ4v) is 4.30. The van der Waals surface area contributed by atoms with Crippen molar-refractivity contribution in [1.29, 1.82) is 0 Å². The van der Waals surface area contributed by atoms with Crippen LogP contribution in [0.1, 0.15) is 13.8 Å². The number of carbonyl (C=O) groups excluding carboxylic acids is 2. The number of nitrogens with zero attached hydrogens (tertiary/aromatic N) is 2. The molecule has 2 aliphatic rings. The van der Waals surface area contributed by atoms with Crippen LogP contribution in [0.5, 0.6) is 11.5 Å². The van der Waals surface area contributed by atoms with Crippen molar-refractivity contribution < 1.29 is 27.5 Å². The van der Waals surface area contributed by atoms with E-state index in [1.165, 1.54) is 4.31 Å². The van der Waals surface area contributed by atoms with Crippen molar-refractivity contribution >= 4 is 27.6 Å². The van der Waals surface area contributed by atoms with E-state index in [2.05, 4.69) is 10.6 Å². The van der Waals surface area contributed by atoms with E-state index >= 15 is 0 Å². The zero-order valence-corrected chi connectivity index (χ0v) is 17.3. The second kappa shape index (κ2) is 8.97. The van der Waals surface area contributed by atoms with Crippen molar-refractivity contribution in [1.82, 2.24) is 14.5 Å². The first-order chi connectivity index (χ1) is 13.8. The van der Waals surface area contributed by atoms with Crippen molar-refractivity contribution in [2.75, 3.05) is 50.5 Å². The monoisotopic (exact) mass is 426 g/mol. The van der Waals surface area contributed by atoms with Gasteiger partial charge in [-0.05, 0) is 26.0 Å². The maximum Gasteiger partial charge on any atom is 0.325 e. The van der Waals surface area contributed by atoms with Gasteiger partial charge < -0.3 is 14.8 Å². The Morgan fingerprint density at radius 2 is 1.76 bits per heavy atom. The van der Waals surface area contributed by atoms with Gasteiger partial charge in [0.1, 0.15) is 13.2 Å². The summed E-state index contributed by atoms with van der Waals surface area (Å²) in [4.78, 5) is 26.5. The summed E-state index contributed by atoms with van der Waals surface area (Å²) >= 11 is 0. The van der Waals surface area contributed by atoms with E-state index in [0.29, 0.717) is 56.6 Å². The van der Waals surface area contributed by atoms with E-state index in [1.54, 1.807) is 32.0 Å². The maximum absolute atomic E-state index is 12.4. The highest BCUT2D eigenvalue weighted by Gasteiger charge is 2.30. The first-order valence-corrected chi connectivity index (χ1v) is 11.1. The summed E-state index contributed by atoms with van der Waals surface area (Å²) in [5.74, 6) is 0.750. The minimum absolute atomic E-state index is 0.0586. The summed E-state index contributed by atoms with van der Waals surface area (Å²) in [6.45, 7) is 5.73. The Labute approximate surface area is 170 Å². The van der Waals surface area contributed by atoms with Gasteiger partial charge in [0.2, 0.25) is 15.9 Å². The Hall–Kier alpha value is -2.37. The molecule has 0 aromatic heterocycles. The molecule has 3 amide bonds. The van der Waals surface area contributed by atoms with Gasteiger partial charge in [-0.25, -0.2) is 13.2 Å². The Morgan fingerprint density at radius 1 is 1.10 bits per heavy atom. The molecular weight excluding hydrogens is 400 g/mol. The van der Waals surface area contributed by atoms with Gasteiger partial charge in [-0.1, -0.05) is 0 Å². The van der Waals surface area contributed by atoms with E-state index < -0.39 is 28.0 Å². The molecule has 1 saturated heterocycles. The number of carbonyl (C=O) groups is 2. The van der Waals surface area contributed by atoms with Crippen LogP contribution in [-0.4, -0.2) is 80.7 Å². The minimum Gasteiger partial charge on any atom is -0.486 e. The first kappa shape index (κ1) is 21.3. The predicted molar refractivity (Wildman–Crippen MR) is 107 cm³/mol. The average Bonchev–Trinajstić information content (AvgIpc) is 2.73. The number of amides is 3. The molecule has 0 bridgehead atoms. The minimum atomic E-state index is -3.23. The molecule has 0 spiro atoms. The third kappa shape index (κ3) is 5.17. The number of anilines is 1. The van der Waals surface area contributed by atoms with Crippen molar-refractivity contribution in [2.45, 2.75) is 19.9 Å². The number of urea groups is 1. The number of piperazine rings is 1. The van der Waals surface area contributed by atoms with E-state index in [9.17, 15) is 18.0 Å². The Balaban J connectivity index is 1.50. The van der Waals surface area contributed by atoms with Crippen molar-refractivity contribution in [3.05, 3.63) is 18.2 Å². The van der Waals surface area contributed by atoms with E-state index in [0.717, 1.165) is 0 Å². The fourth-order valence-electron chi connectivity index (χ4n) is 3.22. The van der Waals surface area contributed by atoms with Gasteiger partial charge in [0, 0.05) is 37.9 Å². The summed E-state index contributed by atoms with van der Waals surface area (Å²) in [6.07, 6.45) is 0. The summed E-state index contributed by atoms with van der Waals surface area (Å²) in [5.41, 5.74) is 0.477. The van der Waals surface area contributed by atoms with Crippen LogP contribution in [0, 0.1) is 0 Å². The maximum atomic E-state index is 12.4. The average molecular weight is 426 g/mol. The molecule has 2 heterocycles. The SMILES string of the molecule is CCS(=O)(=O)N1CCN(C(C)C(=O)NC(=O)Nc2ccc3c(c2)OCCO3)CC1. The van der Waals surface area contributed by atoms with Crippen molar-refractivity contribution in [3.63, 3.8) is 0 Å². The fraction of sp³-hybridized carbons (Fsp3) is 0.556. The summed E-state index contributed by atoms with van der Waals surface area (Å²) in [7, 11) is -3.23. The molecule has 2 aliphatic heterocycles. The molecule has 1 atom stereocenters. The van der Waals surface area contributed by atoms with Crippen LogP contribution in [0.3, 0.4) is 0 Å². The number of rotatable bonds is 5. The topological polar surface area (TPSA) is 117 Å². The number of hydrogen-bond donors (Lipinski definition) is 2. The standard InChI is InChI=1S/C18H26N4O6S/c1-3-29(25,26)22-8-6-21(7-9-22)13(2)17(23)20-18(24)19-14-4-5-15-16(12-14)28-11-10-27-15/h4-5,12-13H,3,6-11H2,1-2H3,(H2,19,20,23,24). The Kier molecular flexibility index (Phi) is 6.60. The van der Waals surface area contributed by atoms with Crippen LogP contribution in [0.4, 0.5) is 10.5 Å². The lowest BCUT2D eigenvalue weighted by molar-refractivity contribution is -0.125. The molecule has 160 valence electrons. The summed E-state index contributed by atoms with van der Waals surface area (Å²) in [5, 5.41) is 4.93. The number of imide groups is 1. The number of hydrogen-bond acceptors (Lipinski definition) is 7. The van der Waals surface area contributed by atoms with Crippen LogP contribution < -0.4 is 20.1 Å². The van der Waals surface area contributed by atoms with Gasteiger partial charge in [-0.3, -0.25) is 15.0 Å². The number of nitrogens with one attached hydrogen (secondary N) is 2. The van der Waals surface area contributed by atoms with Crippen LogP contribution >= 0.6 is 0 Å². The molecule has 1 unspecified atom stereocenters. The highest BCUT2D eigenvalue weighted by molar-refractivity contribution is 7.89. The van der Waals surface area contributed by atoms with Gasteiger partial charge in [-0.2, -0.15) is 4.31 Å². The number of sulfonamides is 1. The van der Waals surface area contributed by atoms with Gasteiger partial charge in [0.25, 0.3) is 0 Å². The molecule has 2 N–H and O–H groups in total. The van der Waals surface area contributed by atoms with Crippen LogP contribution in [0.15, 0.2) is 18.2 Å². The molecule has 11 heteroatoms. The Bertz CT molecular complexity index is 867. The summed E-state index contributed by atoms with van der Waals surface area (Å²) in [6, 6.07) is 3.78. The first-order valence-electron chi connectivity index (χ1n) is 9.53. The predicted octanol–water partition coefficient (Wildman–Crippen LogP) is 0.462. The lowest BCUT2D eigenvalue weighted by atomic mass is 10.2. The zero-order chi connectivity index (χ0) is 21.0. The molecule has 0 saturated carbocycles. The van der Waals surface area contributed by atoms with Gasteiger partial charge in [0.15, 0.2) is 11.5 Å². The number of ether oxygens (including phenoxy) is 2. The number of benzene rings is 1. The van der Waals surface area contributed by atoms with E-state index in [1.807, 2.05) is 4.90 Å². The zero-order valence-electron chi connectivity index (χ0n) is 16.5. The lowest BCUT2D eigenvalue weighted by Crippen LogP contribution is -2.55. The van der Waals surface area contributed by atoms with E-state index in [-0.39, 0.29) is 5.75 Å². The quantitative estimate of drug-likeness (QED) is 0.702. The largest absolute Gasteiger partial charge is 0.486 e. The highest BCUT2D eigenvalue weighted by Crippen LogP contribution is 2.32. The molecule has 1 fully saturated rings.